The first-order chi connectivity index (χ1) is 16.4. The molecular formula is C25H29N5O4. The maximum atomic E-state index is 13.0. The van der Waals surface area contributed by atoms with Crippen molar-refractivity contribution in [2.45, 2.75) is 33.7 Å². The zero-order chi connectivity index (χ0) is 24.2. The highest BCUT2D eigenvalue weighted by atomic mass is 16.5. The summed E-state index contributed by atoms with van der Waals surface area (Å²) in [7, 11) is 0. The number of benzene rings is 1. The molecule has 0 spiro atoms. The lowest BCUT2D eigenvalue weighted by molar-refractivity contribution is 0.0518. The van der Waals surface area contributed by atoms with Crippen LogP contribution in [0.4, 0.5) is 0 Å². The summed E-state index contributed by atoms with van der Waals surface area (Å²) in [6.07, 6.45) is 0. The number of ether oxygens (including phenoxy) is 1. The minimum Gasteiger partial charge on any atom is -0.462 e. The summed E-state index contributed by atoms with van der Waals surface area (Å²) in [5.41, 5.74) is 3.28. The zero-order valence-corrected chi connectivity index (χ0v) is 19.9. The Balaban J connectivity index is 1.36. The van der Waals surface area contributed by atoms with Crippen molar-refractivity contribution in [3.63, 3.8) is 0 Å². The van der Waals surface area contributed by atoms with Gasteiger partial charge in [-0.15, -0.1) is 0 Å². The van der Waals surface area contributed by atoms with E-state index in [-0.39, 0.29) is 11.9 Å². The van der Waals surface area contributed by atoms with Crippen LogP contribution in [0, 0.1) is 13.8 Å². The van der Waals surface area contributed by atoms with Crippen molar-refractivity contribution in [1.82, 2.24) is 24.9 Å². The van der Waals surface area contributed by atoms with Crippen LogP contribution in [0.3, 0.4) is 0 Å². The highest BCUT2D eigenvalue weighted by Gasteiger charge is 2.29. The van der Waals surface area contributed by atoms with E-state index in [4.69, 9.17) is 9.26 Å². The van der Waals surface area contributed by atoms with E-state index in [9.17, 15) is 9.59 Å². The highest BCUT2D eigenvalue weighted by molar-refractivity contribution is 5.95. The molecule has 178 valence electrons. The van der Waals surface area contributed by atoms with E-state index < -0.39 is 5.97 Å². The van der Waals surface area contributed by atoms with Gasteiger partial charge >= 0.3 is 5.97 Å². The first-order valence-corrected chi connectivity index (χ1v) is 11.5. The molecule has 3 heterocycles. The quantitative estimate of drug-likeness (QED) is 0.513. The molecule has 3 aromatic rings. The van der Waals surface area contributed by atoms with Gasteiger partial charge in [0.15, 0.2) is 0 Å². The summed E-state index contributed by atoms with van der Waals surface area (Å²) in [6.45, 7) is 10.3. The smallest absolute Gasteiger partial charge is 0.339 e. The molecule has 9 nitrogen and oxygen atoms in total. The Bertz CT molecular complexity index is 1170. The first-order valence-electron chi connectivity index (χ1n) is 11.5. The summed E-state index contributed by atoms with van der Waals surface area (Å²) < 4.78 is 10.6. The van der Waals surface area contributed by atoms with Crippen molar-refractivity contribution >= 4 is 11.9 Å². The topological polar surface area (TPSA) is 102 Å². The summed E-state index contributed by atoms with van der Waals surface area (Å²) in [4.78, 5) is 37.9. The predicted octanol–water partition coefficient (Wildman–Crippen LogP) is 3.44. The lowest BCUT2D eigenvalue weighted by Crippen LogP contribution is -2.49. The average Bonchev–Trinajstić information content (AvgIpc) is 3.34. The van der Waals surface area contributed by atoms with E-state index in [1.165, 1.54) is 5.56 Å². The molecule has 34 heavy (non-hydrogen) atoms. The number of aromatic nitrogens is 3. The number of amides is 1. The fourth-order valence-corrected chi connectivity index (χ4v) is 3.96. The molecule has 9 heteroatoms. The lowest BCUT2D eigenvalue weighted by Gasteiger charge is -2.36. The maximum Gasteiger partial charge on any atom is 0.339 e. The molecule has 1 fully saturated rings. The molecule has 0 N–H and O–H groups in total. The monoisotopic (exact) mass is 463 g/mol. The fourth-order valence-electron chi connectivity index (χ4n) is 3.96. The number of piperazine rings is 1. The SMILES string of the molecule is CCOC(=O)c1ccc(C(=O)N2CCN(C(C)c3nc(-c4ccc(C)cc4)no3)CC2)nc1C. The number of hydrogen-bond donors (Lipinski definition) is 0. The minimum absolute atomic E-state index is 0.0619. The molecular weight excluding hydrogens is 434 g/mol. The lowest BCUT2D eigenvalue weighted by atomic mass is 10.1. The van der Waals surface area contributed by atoms with Crippen LogP contribution < -0.4 is 0 Å². The Morgan fingerprint density at radius 2 is 1.74 bits per heavy atom. The molecule has 0 bridgehead atoms. The van der Waals surface area contributed by atoms with E-state index in [2.05, 4.69) is 20.0 Å². The fraction of sp³-hybridized carbons (Fsp3) is 0.400. The van der Waals surface area contributed by atoms with Gasteiger partial charge in [-0.3, -0.25) is 9.69 Å². The number of esters is 1. The van der Waals surface area contributed by atoms with Crippen molar-refractivity contribution in [3.8, 4) is 11.4 Å². The van der Waals surface area contributed by atoms with Crippen LogP contribution >= 0.6 is 0 Å². The number of carbonyl (C=O) groups excluding carboxylic acids is 2. The van der Waals surface area contributed by atoms with Crippen molar-refractivity contribution < 1.29 is 18.8 Å². The van der Waals surface area contributed by atoms with E-state index in [0.717, 1.165) is 5.56 Å². The van der Waals surface area contributed by atoms with Gasteiger partial charge in [0.2, 0.25) is 11.7 Å². The molecule has 1 aliphatic heterocycles. The van der Waals surface area contributed by atoms with E-state index in [0.29, 0.717) is 61.5 Å². The van der Waals surface area contributed by atoms with Crippen molar-refractivity contribution in [1.29, 1.82) is 0 Å². The average molecular weight is 464 g/mol. The minimum atomic E-state index is -0.430. The Kier molecular flexibility index (Phi) is 7.02. The molecule has 1 atom stereocenters. The molecule has 1 aliphatic rings. The third-order valence-electron chi connectivity index (χ3n) is 6.06. The number of aryl methyl sites for hydroxylation is 2. The third kappa shape index (κ3) is 4.99. The summed E-state index contributed by atoms with van der Waals surface area (Å²) in [5, 5.41) is 4.14. The van der Waals surface area contributed by atoms with Crippen LogP contribution in [0.5, 0.6) is 0 Å². The first kappa shape index (κ1) is 23.6. The molecule has 2 aromatic heterocycles. The summed E-state index contributed by atoms with van der Waals surface area (Å²) in [5.74, 6) is 0.552. The number of carbonyl (C=O) groups is 2. The Morgan fingerprint density at radius 3 is 2.38 bits per heavy atom. The molecule has 1 unspecified atom stereocenters. The van der Waals surface area contributed by atoms with Gasteiger partial charge in [-0.25, -0.2) is 9.78 Å². The largest absolute Gasteiger partial charge is 0.462 e. The van der Waals surface area contributed by atoms with Crippen molar-refractivity contribution in [2.75, 3.05) is 32.8 Å². The number of nitrogens with zero attached hydrogens (tertiary/aromatic N) is 5. The predicted molar refractivity (Wildman–Crippen MR) is 125 cm³/mol. The second kappa shape index (κ2) is 10.1. The molecule has 1 amide bonds. The van der Waals surface area contributed by atoms with Gasteiger partial charge in [-0.2, -0.15) is 4.98 Å². The summed E-state index contributed by atoms with van der Waals surface area (Å²) in [6, 6.07) is 11.1. The zero-order valence-electron chi connectivity index (χ0n) is 19.9. The van der Waals surface area contributed by atoms with E-state index in [1.54, 1.807) is 30.9 Å². The van der Waals surface area contributed by atoms with Crippen LogP contribution in [-0.2, 0) is 4.74 Å². The molecule has 1 saturated heterocycles. The number of pyridine rings is 1. The van der Waals surface area contributed by atoms with Crippen LogP contribution in [-0.4, -0.2) is 69.6 Å². The van der Waals surface area contributed by atoms with E-state index >= 15 is 0 Å². The highest BCUT2D eigenvalue weighted by Crippen LogP contribution is 2.24. The van der Waals surface area contributed by atoms with Crippen LogP contribution in [0.25, 0.3) is 11.4 Å². The molecule has 4 rings (SSSR count). The van der Waals surface area contributed by atoms with Gasteiger partial charge in [0.25, 0.3) is 5.91 Å². The van der Waals surface area contributed by atoms with Gasteiger partial charge in [0.05, 0.1) is 23.9 Å². The number of hydrogen-bond acceptors (Lipinski definition) is 8. The molecule has 1 aromatic carbocycles. The second-order valence-corrected chi connectivity index (χ2v) is 8.38. The van der Waals surface area contributed by atoms with Crippen LogP contribution in [0.1, 0.15) is 57.9 Å². The van der Waals surface area contributed by atoms with Gasteiger partial charge in [0, 0.05) is 31.7 Å². The number of rotatable bonds is 6. The Labute approximate surface area is 198 Å². The molecule has 0 aliphatic carbocycles. The normalized spacial score (nSPS) is 15.2. The Hall–Kier alpha value is -3.59. The maximum absolute atomic E-state index is 13.0. The van der Waals surface area contributed by atoms with Gasteiger partial charge in [0.1, 0.15) is 5.69 Å². The third-order valence-corrected chi connectivity index (χ3v) is 6.06. The van der Waals surface area contributed by atoms with Gasteiger partial charge < -0.3 is 14.2 Å². The molecule has 0 radical (unpaired) electrons. The molecule has 0 saturated carbocycles. The standard InChI is InChI=1S/C25H29N5O4/c1-5-33-25(32)20-10-11-21(26-17(20)3)24(31)30-14-12-29(13-15-30)18(4)23-27-22(28-34-23)19-8-6-16(2)7-9-19/h6-11,18H,5,12-15H2,1-4H3. The van der Waals surface area contributed by atoms with Crippen molar-refractivity contribution in [3.05, 3.63) is 64.8 Å². The Morgan fingerprint density at radius 1 is 1.03 bits per heavy atom. The van der Waals surface area contributed by atoms with Gasteiger partial charge in [-0.05, 0) is 39.8 Å². The van der Waals surface area contributed by atoms with Gasteiger partial charge in [-0.1, -0.05) is 35.0 Å². The second-order valence-electron chi connectivity index (χ2n) is 8.38. The summed E-state index contributed by atoms with van der Waals surface area (Å²) >= 11 is 0. The van der Waals surface area contributed by atoms with Crippen LogP contribution in [0.15, 0.2) is 40.9 Å². The van der Waals surface area contributed by atoms with Crippen molar-refractivity contribution in [2.24, 2.45) is 0 Å². The van der Waals surface area contributed by atoms with Crippen LogP contribution in [0.2, 0.25) is 0 Å². The van der Waals surface area contributed by atoms with E-state index in [1.807, 2.05) is 38.1 Å².